The molecule has 0 aliphatic carbocycles. The number of nitrogen functional groups attached to an aromatic ring is 2. The van der Waals surface area contributed by atoms with Crippen LogP contribution in [0.5, 0.6) is 5.88 Å². The van der Waals surface area contributed by atoms with Crippen molar-refractivity contribution in [2.24, 2.45) is 5.73 Å². The first-order valence-electron chi connectivity index (χ1n) is 11.9. The van der Waals surface area contributed by atoms with Crippen molar-refractivity contribution in [2.75, 3.05) is 37.0 Å². The molecule has 5 rings (SSSR count). The molecule has 2 aliphatic heterocycles. The number of pyridine rings is 1. The first kappa shape index (κ1) is 26.7. The number of amides is 3. The van der Waals surface area contributed by atoms with Gasteiger partial charge in [0.15, 0.2) is 4.87 Å². The Balaban J connectivity index is 0.000000360. The fraction of sp³-hybridized carbons (Fsp3) is 0.222. The maximum Gasteiger partial charge on any atom is 0.322 e. The van der Waals surface area contributed by atoms with Crippen molar-refractivity contribution in [3.05, 3.63) is 88.6 Å². The molecule has 10 nitrogen and oxygen atoms in total. The number of methoxy groups -OCH3 is 1. The molecular weight excluding hydrogens is 502 g/mol. The molecule has 0 fully saturated rings. The minimum Gasteiger partial charge on any atom is -0.481 e. The Kier molecular flexibility index (Phi) is 7.96. The summed E-state index contributed by atoms with van der Waals surface area (Å²) in [7, 11) is 1.53. The van der Waals surface area contributed by atoms with Crippen LogP contribution in [0.1, 0.15) is 17.5 Å². The Bertz CT molecular complexity index is 1320. The molecule has 198 valence electrons. The Morgan fingerprint density at radius 3 is 2.45 bits per heavy atom. The summed E-state index contributed by atoms with van der Waals surface area (Å²) in [6.07, 6.45) is 2.12. The van der Waals surface area contributed by atoms with Crippen molar-refractivity contribution in [1.82, 2.24) is 15.2 Å². The van der Waals surface area contributed by atoms with E-state index in [2.05, 4.69) is 15.6 Å². The fourth-order valence-electron chi connectivity index (χ4n) is 4.08. The summed E-state index contributed by atoms with van der Waals surface area (Å²) in [5.41, 5.74) is 22.0. The van der Waals surface area contributed by atoms with Crippen LogP contribution in [0.15, 0.2) is 77.5 Å². The summed E-state index contributed by atoms with van der Waals surface area (Å²) in [5.74, 6) is -0.0581. The minimum absolute atomic E-state index is 0.245. The monoisotopic (exact) mass is 533 g/mol. The molecule has 3 heterocycles. The quantitative estimate of drug-likeness (QED) is 0.319. The maximum absolute atomic E-state index is 12.7. The highest BCUT2D eigenvalue weighted by Gasteiger charge is 2.48. The second-order valence-corrected chi connectivity index (χ2v) is 10.2. The molecule has 0 radical (unpaired) electrons. The molecule has 1 aromatic heterocycles. The van der Waals surface area contributed by atoms with Crippen LogP contribution in [0.3, 0.4) is 0 Å². The van der Waals surface area contributed by atoms with E-state index in [4.69, 9.17) is 21.9 Å². The van der Waals surface area contributed by atoms with Crippen LogP contribution in [0.25, 0.3) is 0 Å². The average Bonchev–Trinajstić information content (AvgIpc) is 3.31. The zero-order valence-corrected chi connectivity index (χ0v) is 22.0. The van der Waals surface area contributed by atoms with Gasteiger partial charge in [-0.3, -0.25) is 4.79 Å². The molecule has 0 saturated carbocycles. The lowest BCUT2D eigenvalue weighted by Crippen LogP contribution is -2.47. The normalized spacial score (nSPS) is 18.0. The number of hydrogen-bond acceptors (Lipinski definition) is 8. The van der Waals surface area contributed by atoms with Gasteiger partial charge in [0.05, 0.1) is 25.5 Å². The van der Waals surface area contributed by atoms with Crippen molar-refractivity contribution in [2.45, 2.75) is 18.2 Å². The minimum atomic E-state index is -1.18. The summed E-state index contributed by atoms with van der Waals surface area (Å²) >= 11 is 1.31. The summed E-state index contributed by atoms with van der Waals surface area (Å²) in [5, 5.41) is 6.12. The molecule has 3 aromatic rings. The zero-order chi connectivity index (χ0) is 27.3. The van der Waals surface area contributed by atoms with Crippen molar-refractivity contribution in [3.63, 3.8) is 0 Å². The first-order valence-corrected chi connectivity index (χ1v) is 12.8. The lowest BCUT2D eigenvalue weighted by atomic mass is 10.0. The van der Waals surface area contributed by atoms with Gasteiger partial charge in [-0.25, -0.2) is 9.78 Å². The highest BCUT2D eigenvalue weighted by Crippen LogP contribution is 2.49. The molecule has 11 heteroatoms. The second-order valence-electron chi connectivity index (χ2n) is 8.86. The lowest BCUT2D eigenvalue weighted by molar-refractivity contribution is -0.121. The number of urea groups is 1. The van der Waals surface area contributed by atoms with Gasteiger partial charge < -0.3 is 37.5 Å². The van der Waals surface area contributed by atoms with Crippen LogP contribution >= 0.6 is 11.8 Å². The van der Waals surface area contributed by atoms with Gasteiger partial charge in [0, 0.05) is 46.6 Å². The molecule has 3 amide bonds. The van der Waals surface area contributed by atoms with Crippen molar-refractivity contribution in [1.29, 1.82) is 0 Å². The second kappa shape index (κ2) is 11.3. The highest BCUT2D eigenvalue weighted by atomic mass is 32.2. The van der Waals surface area contributed by atoms with Crippen LogP contribution in [0, 0.1) is 6.92 Å². The Labute approximate surface area is 225 Å². The molecule has 38 heavy (non-hydrogen) atoms. The molecule has 0 bridgehead atoms. The summed E-state index contributed by atoms with van der Waals surface area (Å²) in [6.45, 7) is 2.91. The lowest BCUT2D eigenvalue weighted by Gasteiger charge is -2.28. The van der Waals surface area contributed by atoms with E-state index in [0.29, 0.717) is 42.3 Å². The van der Waals surface area contributed by atoms with Gasteiger partial charge >= 0.3 is 6.03 Å². The molecule has 2 aromatic carbocycles. The third-order valence-electron chi connectivity index (χ3n) is 6.15. The van der Waals surface area contributed by atoms with Crippen LogP contribution in [0.2, 0.25) is 0 Å². The van der Waals surface area contributed by atoms with Gasteiger partial charge in [0.1, 0.15) is 0 Å². The number of para-hydroxylation sites is 1. The van der Waals surface area contributed by atoms with E-state index in [1.54, 1.807) is 35.2 Å². The van der Waals surface area contributed by atoms with Gasteiger partial charge in [0.2, 0.25) is 5.88 Å². The van der Waals surface area contributed by atoms with E-state index in [1.807, 2.05) is 37.3 Å². The number of benzene rings is 2. The van der Waals surface area contributed by atoms with Gasteiger partial charge in [-0.2, -0.15) is 0 Å². The van der Waals surface area contributed by atoms with Crippen molar-refractivity contribution >= 4 is 40.8 Å². The molecule has 8 N–H and O–H groups in total. The molecule has 1 unspecified atom stereocenters. The number of anilines is 3. The number of primary amides is 1. The van der Waals surface area contributed by atoms with E-state index in [-0.39, 0.29) is 6.03 Å². The van der Waals surface area contributed by atoms with E-state index >= 15 is 0 Å². The van der Waals surface area contributed by atoms with E-state index in [0.717, 1.165) is 16.3 Å². The van der Waals surface area contributed by atoms with Crippen LogP contribution in [0.4, 0.5) is 21.9 Å². The largest absolute Gasteiger partial charge is 0.481 e. The van der Waals surface area contributed by atoms with Crippen LogP contribution in [-0.2, 0) is 9.67 Å². The molecule has 2 aliphatic rings. The van der Waals surface area contributed by atoms with Gasteiger partial charge in [-0.1, -0.05) is 47.7 Å². The number of aryl methyl sites for hydroxylation is 1. The number of carbonyl (C=O) groups excluding carboxylic acids is 2. The topological polar surface area (TPSA) is 162 Å². The maximum atomic E-state index is 12.7. The summed E-state index contributed by atoms with van der Waals surface area (Å²) in [4.78, 5) is 30.7. The van der Waals surface area contributed by atoms with Gasteiger partial charge in [-0.15, -0.1) is 0 Å². The number of aromatic nitrogens is 1. The number of rotatable bonds is 4. The number of ether oxygens (including phenoxy) is 1. The van der Waals surface area contributed by atoms with E-state index in [1.165, 1.54) is 30.6 Å². The third-order valence-corrected chi connectivity index (χ3v) is 7.61. The Hall–Kier alpha value is -4.38. The highest BCUT2D eigenvalue weighted by molar-refractivity contribution is 8.05. The van der Waals surface area contributed by atoms with Crippen molar-refractivity contribution in [3.8, 4) is 5.88 Å². The summed E-state index contributed by atoms with van der Waals surface area (Å²) < 4.78 is 5.02. The smallest absolute Gasteiger partial charge is 0.322 e. The molecule has 1 atom stereocenters. The number of nitrogens with zero attached hydrogens (tertiary/aromatic N) is 2. The number of hydrogen-bond donors (Lipinski definition) is 5. The number of thioether (sulfide) groups is 1. The number of nitrogens with two attached hydrogens (primary N) is 3. The van der Waals surface area contributed by atoms with E-state index < -0.39 is 10.8 Å². The summed E-state index contributed by atoms with van der Waals surface area (Å²) in [6, 6.07) is 18.1. The van der Waals surface area contributed by atoms with Gasteiger partial charge in [0.25, 0.3) is 5.91 Å². The third kappa shape index (κ3) is 5.78. The Morgan fingerprint density at radius 1 is 1.11 bits per heavy atom. The standard InChI is InChI=1S/C20H22N6O3S.C7H9N/c1-29-17-7-6-12(10-23-17)24-19(28)26-9-8-15-16(11-26)30-20(25-15,18(22)27)13-4-2-3-5-14(13)21;1-6-2-4-7(8)5-3-6/h2-7,10,25H,8-9,11,21H2,1H3,(H2,22,27)(H,24,28);2-5H,8H2,1H3. The molecule has 0 saturated heterocycles. The average molecular weight is 534 g/mol. The zero-order valence-electron chi connectivity index (χ0n) is 21.2. The van der Waals surface area contributed by atoms with Crippen LogP contribution < -0.4 is 32.6 Å². The SMILES string of the molecule is COc1ccc(NC(=O)N2CCC3=C(C2)SC(C(N)=O)(c2ccccc2N)N3)cn1.Cc1ccc(N)cc1. The fourth-order valence-corrected chi connectivity index (χ4v) is 5.52. The first-order chi connectivity index (χ1) is 18.2. The number of carbonyl (C=O) groups is 2. The van der Waals surface area contributed by atoms with E-state index in [9.17, 15) is 9.59 Å². The molecular formula is C27H31N7O3S. The molecule has 0 spiro atoms. The van der Waals surface area contributed by atoms with Crippen LogP contribution in [-0.4, -0.2) is 42.0 Å². The predicted octanol–water partition coefficient (Wildman–Crippen LogP) is 3.37. The van der Waals surface area contributed by atoms with Gasteiger partial charge in [-0.05, 0) is 31.2 Å². The van der Waals surface area contributed by atoms with Crippen molar-refractivity contribution < 1.29 is 14.3 Å². The number of nitrogens with one attached hydrogen (secondary N) is 2. The predicted molar refractivity (Wildman–Crippen MR) is 151 cm³/mol. The Morgan fingerprint density at radius 2 is 1.84 bits per heavy atom.